The van der Waals surface area contributed by atoms with Crippen molar-refractivity contribution < 1.29 is 33.2 Å². The summed E-state index contributed by atoms with van der Waals surface area (Å²) < 4.78 is 16.1. The summed E-state index contributed by atoms with van der Waals surface area (Å²) in [6.07, 6.45) is 2.65. The van der Waals surface area contributed by atoms with Gasteiger partial charge >= 0.3 is 19.1 Å². The third-order valence-electron chi connectivity index (χ3n) is 5.62. The van der Waals surface area contributed by atoms with Gasteiger partial charge in [0.15, 0.2) is 12.2 Å². The van der Waals surface area contributed by atoms with E-state index in [0.29, 0.717) is 6.42 Å². The molecule has 12 heteroatoms. The van der Waals surface area contributed by atoms with Crippen LogP contribution in [-0.2, 0) is 34.9 Å². The molecule has 0 aliphatic carbocycles. The SMILES string of the molecule is CC(C)C[C@H](NC(=O)C(Cc1ccccc1)NC(=O)c1cnccn1)B1OC(=O)[C@H](C)O[C@H](C)C(=O)O1. The minimum absolute atomic E-state index is 0.0426. The second-order valence-electron chi connectivity index (χ2n) is 9.21. The van der Waals surface area contributed by atoms with E-state index in [2.05, 4.69) is 20.6 Å². The van der Waals surface area contributed by atoms with E-state index in [9.17, 15) is 19.2 Å². The Morgan fingerprint density at radius 2 is 1.65 bits per heavy atom. The van der Waals surface area contributed by atoms with Crippen LogP contribution in [0.15, 0.2) is 48.9 Å². The number of carbonyl (C=O) groups is 4. The van der Waals surface area contributed by atoms with E-state index in [0.717, 1.165) is 5.56 Å². The summed E-state index contributed by atoms with van der Waals surface area (Å²) in [4.78, 5) is 59.1. The predicted octanol–water partition coefficient (Wildman–Crippen LogP) is 1.27. The van der Waals surface area contributed by atoms with E-state index in [-0.39, 0.29) is 18.0 Å². The number of carbonyl (C=O) groups excluding carboxylic acids is 4. The Morgan fingerprint density at radius 3 is 2.22 bits per heavy atom. The number of nitrogens with one attached hydrogen (secondary N) is 2. The number of rotatable bonds is 9. The average molecular weight is 510 g/mol. The molecule has 1 unspecified atom stereocenters. The molecule has 1 aromatic heterocycles. The molecule has 2 heterocycles. The fourth-order valence-electron chi connectivity index (χ4n) is 3.76. The van der Waals surface area contributed by atoms with Crippen LogP contribution < -0.4 is 10.6 Å². The number of aromatic nitrogens is 2. The van der Waals surface area contributed by atoms with Crippen LogP contribution in [-0.4, -0.2) is 65.0 Å². The first kappa shape index (κ1) is 27.8. The quantitative estimate of drug-likeness (QED) is 0.476. The van der Waals surface area contributed by atoms with Crippen molar-refractivity contribution in [2.75, 3.05) is 0 Å². The molecule has 2 aromatic rings. The van der Waals surface area contributed by atoms with Crippen molar-refractivity contribution in [2.24, 2.45) is 5.92 Å². The Morgan fingerprint density at radius 1 is 1.00 bits per heavy atom. The maximum Gasteiger partial charge on any atom is 0.622 e. The largest absolute Gasteiger partial charge is 0.622 e. The molecule has 196 valence electrons. The lowest BCUT2D eigenvalue weighted by atomic mass is 9.73. The van der Waals surface area contributed by atoms with Crippen LogP contribution in [0.2, 0.25) is 0 Å². The monoisotopic (exact) mass is 510 g/mol. The van der Waals surface area contributed by atoms with Gasteiger partial charge in [-0.3, -0.25) is 24.2 Å². The van der Waals surface area contributed by atoms with E-state index in [1.165, 1.54) is 32.4 Å². The van der Waals surface area contributed by atoms with Crippen molar-refractivity contribution in [1.82, 2.24) is 20.6 Å². The number of hydrogen-bond acceptors (Lipinski definition) is 9. The van der Waals surface area contributed by atoms with Crippen molar-refractivity contribution in [3.63, 3.8) is 0 Å². The highest BCUT2D eigenvalue weighted by Crippen LogP contribution is 2.16. The van der Waals surface area contributed by atoms with Gasteiger partial charge in [-0.2, -0.15) is 0 Å². The molecule has 11 nitrogen and oxygen atoms in total. The van der Waals surface area contributed by atoms with Gasteiger partial charge in [0.05, 0.1) is 12.1 Å². The zero-order valence-electron chi connectivity index (χ0n) is 21.2. The number of nitrogens with zero attached hydrogens (tertiary/aromatic N) is 2. The minimum atomic E-state index is -1.37. The first-order chi connectivity index (χ1) is 17.6. The Kier molecular flexibility index (Phi) is 9.73. The van der Waals surface area contributed by atoms with Crippen LogP contribution in [0.3, 0.4) is 0 Å². The molecule has 2 amide bonds. The van der Waals surface area contributed by atoms with Crippen molar-refractivity contribution >= 4 is 30.9 Å². The minimum Gasteiger partial charge on any atom is -0.496 e. The standard InChI is InChI=1S/C25H31BN4O7/c1-15(2)12-21(26-36-24(33)16(3)35-17(4)25(34)37-26)30-22(31)19(13-18-8-6-5-7-9-18)29-23(32)20-14-27-10-11-28-20/h5-11,14-17,19,21H,12-13H2,1-4H3,(H,29,32)(H,30,31)/t16-,17+,19?,21-/m0/s1. The van der Waals surface area contributed by atoms with Gasteiger partial charge in [0.1, 0.15) is 11.7 Å². The van der Waals surface area contributed by atoms with Crippen molar-refractivity contribution in [1.29, 1.82) is 0 Å². The van der Waals surface area contributed by atoms with E-state index in [1.54, 1.807) is 0 Å². The molecule has 37 heavy (non-hydrogen) atoms. The molecule has 4 atom stereocenters. The van der Waals surface area contributed by atoms with Crippen LogP contribution in [0, 0.1) is 5.92 Å². The Bertz CT molecular complexity index is 1060. The van der Waals surface area contributed by atoms with E-state index >= 15 is 0 Å². The second-order valence-corrected chi connectivity index (χ2v) is 9.21. The van der Waals surface area contributed by atoms with Crippen LogP contribution in [0.4, 0.5) is 0 Å². The molecule has 1 aliphatic rings. The normalized spacial score (nSPS) is 19.6. The van der Waals surface area contributed by atoms with Gasteiger partial charge in [0.25, 0.3) is 5.91 Å². The number of ether oxygens (including phenoxy) is 1. The van der Waals surface area contributed by atoms with Crippen LogP contribution in [0.5, 0.6) is 0 Å². The lowest BCUT2D eigenvalue weighted by Crippen LogP contribution is -2.58. The third kappa shape index (κ3) is 8.11. The number of amides is 2. The summed E-state index contributed by atoms with van der Waals surface area (Å²) in [5.74, 6) is -3.38. The maximum atomic E-state index is 13.5. The molecular weight excluding hydrogens is 479 g/mol. The molecule has 3 rings (SSSR count). The van der Waals surface area contributed by atoms with E-state index in [4.69, 9.17) is 14.0 Å². The fourth-order valence-corrected chi connectivity index (χ4v) is 3.76. The first-order valence-electron chi connectivity index (χ1n) is 12.1. The molecule has 1 aromatic carbocycles. The van der Waals surface area contributed by atoms with Gasteiger partial charge in [-0.05, 0) is 31.7 Å². The molecule has 1 saturated heterocycles. The topological polar surface area (TPSA) is 146 Å². The highest BCUT2D eigenvalue weighted by atomic mass is 16.7. The Hall–Kier alpha value is -3.80. The average Bonchev–Trinajstić information content (AvgIpc) is 2.87. The lowest BCUT2D eigenvalue weighted by molar-refractivity contribution is -0.168. The van der Waals surface area contributed by atoms with Gasteiger partial charge in [-0.1, -0.05) is 44.2 Å². The van der Waals surface area contributed by atoms with Crippen molar-refractivity contribution in [3.8, 4) is 0 Å². The second kappa shape index (κ2) is 13.0. The molecule has 0 spiro atoms. The van der Waals surface area contributed by atoms with Crippen LogP contribution in [0.1, 0.15) is 50.2 Å². The molecule has 1 aliphatic heterocycles. The lowest BCUT2D eigenvalue weighted by Gasteiger charge is -2.30. The highest BCUT2D eigenvalue weighted by Gasteiger charge is 2.44. The maximum absolute atomic E-state index is 13.5. The predicted molar refractivity (Wildman–Crippen MR) is 133 cm³/mol. The molecule has 2 N–H and O–H groups in total. The van der Waals surface area contributed by atoms with Gasteiger partial charge in [-0.25, -0.2) is 4.98 Å². The van der Waals surface area contributed by atoms with Gasteiger partial charge in [0.2, 0.25) is 5.91 Å². The smallest absolute Gasteiger partial charge is 0.496 e. The van der Waals surface area contributed by atoms with E-state index in [1.807, 2.05) is 44.2 Å². The Labute approximate surface area is 215 Å². The molecule has 1 fully saturated rings. The summed E-state index contributed by atoms with van der Waals surface area (Å²) >= 11 is 0. The van der Waals surface area contributed by atoms with Gasteiger partial charge < -0.3 is 24.7 Å². The number of benzene rings is 1. The van der Waals surface area contributed by atoms with Crippen molar-refractivity contribution in [2.45, 2.75) is 64.7 Å². The molecule has 0 saturated carbocycles. The molecular formula is C25H31BN4O7. The van der Waals surface area contributed by atoms with Crippen LogP contribution >= 0.6 is 0 Å². The van der Waals surface area contributed by atoms with Crippen molar-refractivity contribution in [3.05, 3.63) is 60.2 Å². The summed E-state index contributed by atoms with van der Waals surface area (Å²) in [7, 11) is -1.37. The van der Waals surface area contributed by atoms with E-state index < -0.39 is 55.1 Å². The zero-order valence-corrected chi connectivity index (χ0v) is 21.2. The van der Waals surface area contributed by atoms with Gasteiger partial charge in [0, 0.05) is 18.8 Å². The Balaban J connectivity index is 1.84. The van der Waals surface area contributed by atoms with Gasteiger partial charge in [-0.15, -0.1) is 0 Å². The summed E-state index contributed by atoms with van der Waals surface area (Å²) in [5.41, 5.74) is 0.865. The number of hydrogen-bond donors (Lipinski definition) is 2. The fraction of sp³-hybridized carbons (Fsp3) is 0.440. The first-order valence-corrected chi connectivity index (χ1v) is 12.1. The zero-order chi connectivity index (χ0) is 26.9. The molecule has 0 radical (unpaired) electrons. The molecule has 0 bridgehead atoms. The van der Waals surface area contributed by atoms with Crippen LogP contribution in [0.25, 0.3) is 0 Å². The summed E-state index contributed by atoms with van der Waals surface area (Å²) in [6.45, 7) is 6.78. The summed E-state index contributed by atoms with van der Waals surface area (Å²) in [6, 6.07) is 8.16. The summed E-state index contributed by atoms with van der Waals surface area (Å²) in [5, 5.41) is 5.54. The third-order valence-corrected chi connectivity index (χ3v) is 5.62. The highest BCUT2D eigenvalue weighted by molar-refractivity contribution is 6.51.